The van der Waals surface area contributed by atoms with Crippen molar-refractivity contribution in [3.63, 3.8) is 0 Å². The molecule has 0 fully saturated rings. The van der Waals surface area contributed by atoms with Crippen molar-refractivity contribution in [3.8, 4) is 22.8 Å². The maximum absolute atomic E-state index is 12.1. The molecule has 1 aliphatic heterocycles. The predicted octanol–water partition coefficient (Wildman–Crippen LogP) is 4.95. The summed E-state index contributed by atoms with van der Waals surface area (Å²) < 4.78 is 6.02. The topological polar surface area (TPSA) is 58.2 Å². The number of fused-ring (bicyclic) bond motifs is 2. The van der Waals surface area contributed by atoms with Crippen LogP contribution in [0.2, 0.25) is 0 Å². The van der Waals surface area contributed by atoms with Crippen LogP contribution in [-0.4, -0.2) is 28.7 Å². The van der Waals surface area contributed by atoms with Gasteiger partial charge in [-0.3, -0.25) is 4.79 Å². The molecule has 0 atom stereocenters. The Morgan fingerprint density at radius 3 is 2.74 bits per heavy atom. The van der Waals surface area contributed by atoms with Crippen LogP contribution in [0.25, 0.3) is 22.0 Å². The lowest BCUT2D eigenvalue weighted by Crippen LogP contribution is -2.19. The minimum Gasteiger partial charge on any atom is -0.456 e. The molecule has 0 unspecified atom stereocenters. The molecular formula is C22H27N3O2. The first-order valence-corrected chi connectivity index (χ1v) is 9.68. The molecule has 0 saturated heterocycles. The van der Waals surface area contributed by atoms with Gasteiger partial charge >= 0.3 is 0 Å². The molecule has 27 heavy (non-hydrogen) atoms. The van der Waals surface area contributed by atoms with Gasteiger partial charge in [0.1, 0.15) is 17.2 Å². The van der Waals surface area contributed by atoms with Crippen LogP contribution in [0.4, 0.5) is 0 Å². The van der Waals surface area contributed by atoms with E-state index in [0.29, 0.717) is 11.1 Å². The van der Waals surface area contributed by atoms with Crippen molar-refractivity contribution < 1.29 is 4.74 Å². The standard InChI is InChI=1S/C20H21N3O2.C2H6/c1-3-4-10-23(2)12-13-8-9-16-15(11-13)19-18-14(20(24)22-21-19)6-5-7-17(18)25-16;1-2/h5-9,11H,3-4,10,12H2,1-2H3,(H,22,24);1-2H3. The molecule has 1 aromatic heterocycles. The van der Waals surface area contributed by atoms with Gasteiger partial charge in [0.25, 0.3) is 5.56 Å². The largest absolute Gasteiger partial charge is 0.456 e. The molecule has 4 rings (SSSR count). The summed E-state index contributed by atoms with van der Waals surface area (Å²) in [6.07, 6.45) is 2.39. The summed E-state index contributed by atoms with van der Waals surface area (Å²) in [4.78, 5) is 14.4. The van der Waals surface area contributed by atoms with Gasteiger partial charge in [-0.2, -0.15) is 5.10 Å². The summed E-state index contributed by atoms with van der Waals surface area (Å²) in [5.74, 6) is 1.46. The first-order chi connectivity index (χ1) is 13.2. The van der Waals surface area contributed by atoms with E-state index in [1.807, 2.05) is 32.0 Å². The number of nitrogens with one attached hydrogen (secondary N) is 1. The van der Waals surface area contributed by atoms with E-state index in [-0.39, 0.29) is 5.56 Å². The fourth-order valence-corrected chi connectivity index (χ4v) is 3.35. The molecule has 0 bridgehead atoms. The molecule has 1 aliphatic rings. The third-order valence-electron chi connectivity index (χ3n) is 4.64. The van der Waals surface area contributed by atoms with Gasteiger partial charge in [-0.25, -0.2) is 5.10 Å². The van der Waals surface area contributed by atoms with Gasteiger partial charge in [0.2, 0.25) is 0 Å². The van der Waals surface area contributed by atoms with Gasteiger partial charge in [-0.15, -0.1) is 0 Å². The van der Waals surface area contributed by atoms with Crippen molar-refractivity contribution in [1.82, 2.24) is 15.1 Å². The minimum absolute atomic E-state index is 0.192. The highest BCUT2D eigenvalue weighted by Gasteiger charge is 2.23. The Balaban J connectivity index is 0.00000102. The van der Waals surface area contributed by atoms with E-state index in [2.05, 4.69) is 41.2 Å². The molecule has 142 valence electrons. The highest BCUT2D eigenvalue weighted by molar-refractivity contribution is 6.01. The molecule has 2 heterocycles. The van der Waals surface area contributed by atoms with Crippen LogP contribution >= 0.6 is 0 Å². The van der Waals surface area contributed by atoms with Gasteiger partial charge in [0, 0.05) is 12.1 Å². The maximum atomic E-state index is 12.1. The van der Waals surface area contributed by atoms with E-state index in [1.54, 1.807) is 6.07 Å². The second-order valence-corrected chi connectivity index (χ2v) is 6.60. The molecule has 0 saturated carbocycles. The number of aromatic amines is 1. The molecule has 5 heteroatoms. The Morgan fingerprint density at radius 2 is 1.96 bits per heavy atom. The number of benzene rings is 2. The number of H-pyrrole nitrogens is 1. The van der Waals surface area contributed by atoms with Crippen LogP contribution in [0, 0.1) is 0 Å². The van der Waals surface area contributed by atoms with Crippen molar-refractivity contribution in [2.75, 3.05) is 13.6 Å². The van der Waals surface area contributed by atoms with Crippen molar-refractivity contribution in [2.45, 2.75) is 40.2 Å². The number of hydrogen-bond acceptors (Lipinski definition) is 4. The molecular weight excluding hydrogens is 338 g/mol. The van der Waals surface area contributed by atoms with E-state index in [1.165, 1.54) is 18.4 Å². The van der Waals surface area contributed by atoms with Gasteiger partial charge in [0.15, 0.2) is 0 Å². The van der Waals surface area contributed by atoms with E-state index in [9.17, 15) is 4.79 Å². The van der Waals surface area contributed by atoms with Crippen LogP contribution in [0.1, 0.15) is 39.2 Å². The maximum Gasteiger partial charge on any atom is 0.272 e. The fraction of sp³-hybridized carbons (Fsp3) is 0.364. The Hall–Kier alpha value is -2.66. The molecule has 5 nitrogen and oxygen atoms in total. The quantitative estimate of drug-likeness (QED) is 0.543. The van der Waals surface area contributed by atoms with Crippen LogP contribution < -0.4 is 10.3 Å². The normalized spacial score (nSPS) is 11.6. The first kappa shape index (κ1) is 19.1. The second-order valence-electron chi connectivity index (χ2n) is 6.60. The average Bonchev–Trinajstić information content (AvgIpc) is 2.70. The van der Waals surface area contributed by atoms with E-state index < -0.39 is 0 Å². The van der Waals surface area contributed by atoms with Crippen molar-refractivity contribution >= 4 is 10.8 Å². The summed E-state index contributed by atoms with van der Waals surface area (Å²) in [5.41, 5.74) is 2.73. The molecule has 3 aromatic rings. The fourth-order valence-electron chi connectivity index (χ4n) is 3.35. The van der Waals surface area contributed by atoms with Crippen LogP contribution in [-0.2, 0) is 6.54 Å². The number of unbranched alkanes of at least 4 members (excludes halogenated alkanes) is 1. The summed E-state index contributed by atoms with van der Waals surface area (Å²) >= 11 is 0. The lowest BCUT2D eigenvalue weighted by molar-refractivity contribution is 0.320. The Morgan fingerprint density at radius 1 is 1.15 bits per heavy atom. The predicted molar refractivity (Wildman–Crippen MR) is 110 cm³/mol. The Labute approximate surface area is 160 Å². The summed E-state index contributed by atoms with van der Waals surface area (Å²) in [7, 11) is 2.14. The van der Waals surface area contributed by atoms with Crippen LogP contribution in [0.5, 0.6) is 11.5 Å². The van der Waals surface area contributed by atoms with Crippen LogP contribution in [0.15, 0.2) is 41.2 Å². The highest BCUT2D eigenvalue weighted by atomic mass is 16.5. The molecule has 0 amide bonds. The monoisotopic (exact) mass is 365 g/mol. The van der Waals surface area contributed by atoms with Gasteiger partial charge in [-0.1, -0.05) is 39.3 Å². The third kappa shape index (κ3) is 3.74. The SMILES string of the molecule is CC.CCCCN(C)Cc1ccc2c(c1)-c1n[nH]c(=O)c3cccc(c13)O2. The summed E-state index contributed by atoms with van der Waals surface area (Å²) in [5, 5.41) is 8.33. The Bertz CT molecular complexity index is 995. The molecule has 0 spiro atoms. The van der Waals surface area contributed by atoms with E-state index in [4.69, 9.17) is 4.74 Å². The molecule has 0 aliphatic carbocycles. The zero-order valence-electron chi connectivity index (χ0n) is 16.5. The molecule has 1 N–H and O–H groups in total. The second kappa shape index (κ2) is 8.35. The summed E-state index contributed by atoms with van der Waals surface area (Å²) in [6.45, 7) is 8.16. The number of rotatable bonds is 5. The van der Waals surface area contributed by atoms with Gasteiger partial charge < -0.3 is 9.64 Å². The number of nitrogens with zero attached hydrogens (tertiary/aromatic N) is 2. The first-order valence-electron chi connectivity index (χ1n) is 9.68. The van der Waals surface area contributed by atoms with Crippen molar-refractivity contribution in [3.05, 3.63) is 52.3 Å². The molecule has 0 radical (unpaired) electrons. The third-order valence-corrected chi connectivity index (χ3v) is 4.64. The number of aromatic nitrogens is 2. The lowest BCUT2D eigenvalue weighted by Gasteiger charge is -2.21. The lowest BCUT2D eigenvalue weighted by atomic mass is 9.99. The van der Waals surface area contributed by atoms with Crippen LogP contribution in [0.3, 0.4) is 0 Å². The zero-order chi connectivity index (χ0) is 19.4. The van der Waals surface area contributed by atoms with Gasteiger partial charge in [0.05, 0.1) is 10.8 Å². The Kier molecular flexibility index (Phi) is 5.91. The minimum atomic E-state index is -0.192. The number of hydrogen-bond donors (Lipinski definition) is 1. The number of ether oxygens (including phenoxy) is 1. The summed E-state index contributed by atoms with van der Waals surface area (Å²) in [6, 6.07) is 11.7. The van der Waals surface area contributed by atoms with E-state index in [0.717, 1.165) is 35.5 Å². The van der Waals surface area contributed by atoms with Crippen molar-refractivity contribution in [2.24, 2.45) is 0 Å². The van der Waals surface area contributed by atoms with Gasteiger partial charge in [-0.05, 0) is 49.8 Å². The van der Waals surface area contributed by atoms with Crippen molar-refractivity contribution in [1.29, 1.82) is 0 Å². The average molecular weight is 365 g/mol. The zero-order valence-corrected chi connectivity index (χ0v) is 16.5. The molecule has 2 aromatic carbocycles. The van der Waals surface area contributed by atoms with E-state index >= 15 is 0 Å². The smallest absolute Gasteiger partial charge is 0.272 e. The highest BCUT2D eigenvalue weighted by Crippen LogP contribution is 2.44.